The summed E-state index contributed by atoms with van der Waals surface area (Å²) in [5.41, 5.74) is 0.926. The van der Waals surface area contributed by atoms with Crippen molar-refractivity contribution in [3.05, 3.63) is 48.0 Å². The number of hydrogen-bond acceptors (Lipinski definition) is 1. The van der Waals surface area contributed by atoms with E-state index >= 15 is 0 Å². The summed E-state index contributed by atoms with van der Waals surface area (Å²) < 4.78 is 10.7. The molecule has 0 radical (unpaired) electrons. The van der Waals surface area contributed by atoms with E-state index in [9.17, 15) is 4.57 Å². The van der Waals surface area contributed by atoms with E-state index in [2.05, 4.69) is 0 Å². The Labute approximate surface area is 83.1 Å². The van der Waals surface area contributed by atoms with Gasteiger partial charge < -0.3 is 4.89 Å². The molecule has 0 aromatic heterocycles. The molecule has 1 unspecified atom stereocenters. The number of fused-ring (bicyclic) bond motifs is 1. The minimum Gasteiger partial charge on any atom is -0.346 e. The van der Waals surface area contributed by atoms with E-state index in [1.54, 1.807) is 0 Å². The molecule has 2 aromatic rings. The van der Waals surface area contributed by atoms with Crippen LogP contribution in [0.5, 0.6) is 0 Å². The SMILES string of the molecule is O=[PH](O)Cc1ccc2ccccc2c1. The molecule has 0 spiro atoms. The smallest absolute Gasteiger partial charge is 0.193 e. The van der Waals surface area contributed by atoms with Gasteiger partial charge in [0.1, 0.15) is 0 Å². The monoisotopic (exact) mass is 206 g/mol. The Hall–Kier alpha value is -1.11. The van der Waals surface area contributed by atoms with Crippen molar-refractivity contribution in [3.8, 4) is 0 Å². The molecule has 0 saturated carbocycles. The maximum absolute atomic E-state index is 10.7. The first kappa shape index (κ1) is 9.45. The van der Waals surface area contributed by atoms with Gasteiger partial charge in [-0.05, 0) is 16.3 Å². The van der Waals surface area contributed by atoms with Crippen molar-refractivity contribution in [2.75, 3.05) is 0 Å². The Morgan fingerprint density at radius 1 is 1.07 bits per heavy atom. The van der Waals surface area contributed by atoms with Crippen LogP contribution in [0.2, 0.25) is 0 Å². The highest BCUT2D eigenvalue weighted by molar-refractivity contribution is 7.37. The molecule has 1 N–H and O–H groups in total. The number of hydrogen-bond donors (Lipinski definition) is 1. The first-order valence-electron chi connectivity index (χ1n) is 4.45. The Kier molecular flexibility index (Phi) is 2.67. The van der Waals surface area contributed by atoms with Crippen molar-refractivity contribution >= 4 is 18.8 Å². The van der Waals surface area contributed by atoms with Crippen LogP contribution in [0.25, 0.3) is 10.8 Å². The summed E-state index contributed by atoms with van der Waals surface area (Å²) in [5, 5.41) is 2.28. The minimum atomic E-state index is -2.40. The first-order valence-corrected chi connectivity index (χ1v) is 6.01. The number of rotatable bonds is 2. The fourth-order valence-corrected chi connectivity index (χ4v) is 2.09. The summed E-state index contributed by atoms with van der Waals surface area (Å²) in [4.78, 5) is 8.82. The van der Waals surface area contributed by atoms with Crippen LogP contribution >= 0.6 is 8.03 Å². The normalized spacial score (nSPS) is 12.9. The average Bonchev–Trinajstić information content (AvgIpc) is 2.17. The third-order valence-electron chi connectivity index (χ3n) is 2.17. The molecule has 14 heavy (non-hydrogen) atoms. The van der Waals surface area contributed by atoms with Crippen LogP contribution in [-0.2, 0) is 10.7 Å². The quantitative estimate of drug-likeness (QED) is 0.767. The van der Waals surface area contributed by atoms with Crippen LogP contribution in [0.1, 0.15) is 5.56 Å². The lowest BCUT2D eigenvalue weighted by Gasteiger charge is -2.01. The van der Waals surface area contributed by atoms with Gasteiger partial charge in [-0.2, -0.15) is 0 Å². The summed E-state index contributed by atoms with van der Waals surface area (Å²) in [6, 6.07) is 13.8. The van der Waals surface area contributed by atoms with Gasteiger partial charge in [-0.3, -0.25) is 4.57 Å². The third kappa shape index (κ3) is 2.03. The fraction of sp³-hybridized carbons (Fsp3) is 0.0909. The van der Waals surface area contributed by atoms with Crippen molar-refractivity contribution in [2.24, 2.45) is 0 Å². The second-order valence-corrected chi connectivity index (χ2v) is 4.39. The molecule has 72 valence electrons. The molecule has 2 aromatic carbocycles. The molecule has 0 aliphatic carbocycles. The molecule has 0 heterocycles. The average molecular weight is 206 g/mol. The minimum absolute atomic E-state index is 0.273. The van der Waals surface area contributed by atoms with E-state index in [1.165, 1.54) is 0 Å². The van der Waals surface area contributed by atoms with E-state index in [0.29, 0.717) is 0 Å². The van der Waals surface area contributed by atoms with E-state index in [1.807, 2.05) is 42.5 Å². The second kappa shape index (κ2) is 3.95. The summed E-state index contributed by atoms with van der Waals surface area (Å²) in [6.07, 6.45) is 0.273. The zero-order chi connectivity index (χ0) is 9.97. The van der Waals surface area contributed by atoms with E-state index in [0.717, 1.165) is 16.3 Å². The highest BCUT2D eigenvalue weighted by Gasteiger charge is 1.98. The van der Waals surface area contributed by atoms with Gasteiger partial charge in [-0.25, -0.2) is 0 Å². The van der Waals surface area contributed by atoms with Gasteiger partial charge in [0.2, 0.25) is 0 Å². The molecule has 0 saturated heterocycles. The largest absolute Gasteiger partial charge is 0.346 e. The molecule has 0 fully saturated rings. The molecule has 0 bridgehead atoms. The predicted octanol–water partition coefficient (Wildman–Crippen LogP) is 2.81. The molecule has 0 aliphatic rings. The molecule has 1 atom stereocenters. The Morgan fingerprint density at radius 2 is 1.79 bits per heavy atom. The van der Waals surface area contributed by atoms with Crippen molar-refractivity contribution in [2.45, 2.75) is 6.16 Å². The van der Waals surface area contributed by atoms with Crippen LogP contribution in [0.15, 0.2) is 42.5 Å². The van der Waals surface area contributed by atoms with Gasteiger partial charge in [-0.1, -0.05) is 42.5 Å². The van der Waals surface area contributed by atoms with Crippen LogP contribution < -0.4 is 0 Å². The van der Waals surface area contributed by atoms with Crippen molar-refractivity contribution in [1.29, 1.82) is 0 Å². The Morgan fingerprint density at radius 3 is 2.50 bits per heavy atom. The van der Waals surface area contributed by atoms with Gasteiger partial charge in [-0.15, -0.1) is 0 Å². The zero-order valence-electron chi connectivity index (χ0n) is 7.60. The van der Waals surface area contributed by atoms with Gasteiger partial charge in [0.25, 0.3) is 0 Å². The highest BCUT2D eigenvalue weighted by atomic mass is 31.1. The lowest BCUT2D eigenvalue weighted by molar-refractivity contribution is 0.502. The molecule has 0 aliphatic heterocycles. The maximum Gasteiger partial charge on any atom is 0.193 e. The molecule has 2 rings (SSSR count). The predicted molar refractivity (Wildman–Crippen MR) is 58.9 cm³/mol. The van der Waals surface area contributed by atoms with Crippen molar-refractivity contribution in [1.82, 2.24) is 0 Å². The Balaban J connectivity index is 2.46. The summed E-state index contributed by atoms with van der Waals surface area (Å²) >= 11 is 0. The van der Waals surface area contributed by atoms with Gasteiger partial charge in [0.05, 0.1) is 0 Å². The van der Waals surface area contributed by atoms with Crippen molar-refractivity contribution in [3.63, 3.8) is 0 Å². The van der Waals surface area contributed by atoms with Gasteiger partial charge in [0, 0.05) is 6.16 Å². The summed E-state index contributed by atoms with van der Waals surface area (Å²) in [5.74, 6) is 0. The summed E-state index contributed by atoms with van der Waals surface area (Å²) in [6.45, 7) is 0. The third-order valence-corrected chi connectivity index (χ3v) is 2.88. The van der Waals surface area contributed by atoms with E-state index in [-0.39, 0.29) is 6.16 Å². The second-order valence-electron chi connectivity index (χ2n) is 3.25. The van der Waals surface area contributed by atoms with E-state index < -0.39 is 8.03 Å². The molecular formula is C11H11O2P. The van der Waals surface area contributed by atoms with Crippen LogP contribution in [0, 0.1) is 0 Å². The summed E-state index contributed by atoms with van der Waals surface area (Å²) in [7, 11) is -2.40. The molecule has 0 amide bonds. The maximum atomic E-state index is 10.7. The standard InChI is InChI=1S/C11H11O2P/c12-14(13)8-9-5-6-10-3-1-2-4-11(10)7-9/h1-7,14H,8H2,(H,12,13). The van der Waals surface area contributed by atoms with Crippen LogP contribution in [-0.4, -0.2) is 4.89 Å². The number of benzene rings is 2. The fourth-order valence-electron chi connectivity index (χ4n) is 1.52. The molecular weight excluding hydrogens is 195 g/mol. The zero-order valence-corrected chi connectivity index (χ0v) is 8.60. The van der Waals surface area contributed by atoms with Gasteiger partial charge >= 0.3 is 0 Å². The highest BCUT2D eigenvalue weighted by Crippen LogP contribution is 2.24. The Bertz CT molecular complexity index is 479. The molecule has 2 nitrogen and oxygen atoms in total. The lowest BCUT2D eigenvalue weighted by Crippen LogP contribution is -1.80. The first-order chi connectivity index (χ1) is 6.75. The van der Waals surface area contributed by atoms with Crippen molar-refractivity contribution < 1.29 is 9.46 Å². The lowest BCUT2D eigenvalue weighted by atomic mass is 10.1. The van der Waals surface area contributed by atoms with Crippen LogP contribution in [0.4, 0.5) is 0 Å². The van der Waals surface area contributed by atoms with Crippen LogP contribution in [0.3, 0.4) is 0 Å². The van der Waals surface area contributed by atoms with Gasteiger partial charge in [0.15, 0.2) is 8.03 Å². The molecule has 3 heteroatoms. The van der Waals surface area contributed by atoms with E-state index in [4.69, 9.17) is 4.89 Å². The topological polar surface area (TPSA) is 37.3 Å².